The Hall–Kier alpha value is -1.14. The molecule has 0 bridgehead atoms. The van der Waals surface area contributed by atoms with Gasteiger partial charge in [0.1, 0.15) is 5.75 Å². The Kier molecular flexibility index (Phi) is 3.35. The van der Waals surface area contributed by atoms with Crippen molar-refractivity contribution in [1.29, 1.82) is 0 Å². The molecule has 0 saturated heterocycles. The molecule has 1 aromatic rings. The van der Waals surface area contributed by atoms with Crippen LogP contribution in [-0.4, -0.2) is 10.0 Å². The highest BCUT2D eigenvalue weighted by Crippen LogP contribution is 2.42. The van der Waals surface area contributed by atoms with Crippen molar-refractivity contribution in [2.45, 2.75) is 25.3 Å². The molecule has 5 nitrogen and oxygen atoms in total. The van der Waals surface area contributed by atoms with Crippen molar-refractivity contribution < 1.29 is 10.0 Å². The van der Waals surface area contributed by atoms with Gasteiger partial charge in [0.25, 0.3) is 5.69 Å². The highest BCUT2D eigenvalue weighted by Gasteiger charge is 2.29. The van der Waals surface area contributed by atoms with Crippen LogP contribution >= 0.6 is 15.9 Å². The molecule has 2 rings (SSSR count). The molecule has 0 spiro atoms. The molecule has 0 aromatic heterocycles. The molecule has 1 fully saturated rings. The van der Waals surface area contributed by atoms with Crippen LogP contribution in [0.3, 0.4) is 0 Å². The van der Waals surface area contributed by atoms with Crippen molar-refractivity contribution in [1.82, 2.24) is 0 Å². The van der Waals surface area contributed by atoms with E-state index in [0.717, 1.165) is 19.3 Å². The van der Waals surface area contributed by atoms with Gasteiger partial charge in [-0.15, -0.1) is 0 Å². The number of phenolic OH excluding ortho intramolecular Hbond substituents is 1. The van der Waals surface area contributed by atoms with Crippen LogP contribution in [0.4, 0.5) is 5.69 Å². The first-order valence-electron chi connectivity index (χ1n) is 5.43. The van der Waals surface area contributed by atoms with E-state index in [9.17, 15) is 15.2 Å². The summed E-state index contributed by atoms with van der Waals surface area (Å²) in [4.78, 5) is 10.3. The predicted molar refractivity (Wildman–Crippen MR) is 66.7 cm³/mol. The normalized spacial score (nSPS) is 17.5. The zero-order valence-corrected chi connectivity index (χ0v) is 10.7. The minimum absolute atomic E-state index is 0.00926. The zero-order valence-electron chi connectivity index (χ0n) is 9.10. The number of hydrogen-bond donors (Lipinski definition) is 2. The lowest BCUT2D eigenvalue weighted by Crippen LogP contribution is -2.27. The summed E-state index contributed by atoms with van der Waals surface area (Å²) >= 11 is 3.11. The molecule has 0 heterocycles. The fourth-order valence-electron chi connectivity index (χ4n) is 2.02. The molecule has 0 unspecified atom stereocenters. The van der Waals surface area contributed by atoms with Gasteiger partial charge in [0, 0.05) is 23.7 Å². The van der Waals surface area contributed by atoms with E-state index in [1.165, 1.54) is 12.1 Å². The fraction of sp³-hybridized carbons (Fsp3) is 0.455. The van der Waals surface area contributed by atoms with E-state index in [1.54, 1.807) is 0 Å². The molecule has 1 aromatic carbocycles. The van der Waals surface area contributed by atoms with Gasteiger partial charge in [-0.3, -0.25) is 10.1 Å². The lowest BCUT2D eigenvalue weighted by Gasteiger charge is -2.31. The highest BCUT2D eigenvalue weighted by atomic mass is 79.9. The topological polar surface area (TPSA) is 89.4 Å². The molecule has 3 N–H and O–H groups in total. The second-order valence-corrected chi connectivity index (χ2v) is 5.19. The molecule has 1 aliphatic rings. The lowest BCUT2D eigenvalue weighted by atomic mass is 9.77. The van der Waals surface area contributed by atoms with Crippen molar-refractivity contribution in [3.8, 4) is 5.75 Å². The second kappa shape index (κ2) is 4.62. The molecular weight excluding hydrogens is 288 g/mol. The van der Waals surface area contributed by atoms with Crippen molar-refractivity contribution >= 4 is 21.6 Å². The average Bonchev–Trinajstić information content (AvgIpc) is 2.18. The number of phenols is 1. The van der Waals surface area contributed by atoms with Crippen LogP contribution < -0.4 is 5.73 Å². The molecule has 0 amide bonds. The third-order valence-corrected chi connectivity index (χ3v) is 3.91. The lowest BCUT2D eigenvalue weighted by molar-refractivity contribution is -0.385. The summed E-state index contributed by atoms with van der Waals surface area (Å²) in [6.45, 7) is 0. The number of non-ortho nitro benzene ring substituents is 1. The number of nitrogens with zero attached hydrogens (tertiary/aromatic N) is 1. The summed E-state index contributed by atoms with van der Waals surface area (Å²) in [6, 6.07) is 2.31. The summed E-state index contributed by atoms with van der Waals surface area (Å²) in [5.41, 5.74) is 6.43. The van der Waals surface area contributed by atoms with Crippen LogP contribution in [0.5, 0.6) is 5.75 Å². The summed E-state index contributed by atoms with van der Waals surface area (Å²) < 4.78 is 0.316. The van der Waals surface area contributed by atoms with Crippen LogP contribution in [0, 0.1) is 16.0 Å². The van der Waals surface area contributed by atoms with Crippen molar-refractivity contribution in [2.75, 3.05) is 0 Å². The molecular formula is C11H13BrN2O3. The Morgan fingerprint density at radius 2 is 2.18 bits per heavy atom. The van der Waals surface area contributed by atoms with Gasteiger partial charge < -0.3 is 10.8 Å². The number of hydrogen-bond acceptors (Lipinski definition) is 4. The van der Waals surface area contributed by atoms with Gasteiger partial charge in [0.05, 0.1) is 9.40 Å². The van der Waals surface area contributed by atoms with Crippen LogP contribution in [0.25, 0.3) is 0 Å². The number of rotatable bonds is 3. The Balaban J connectivity index is 2.40. The highest BCUT2D eigenvalue weighted by molar-refractivity contribution is 9.10. The summed E-state index contributed by atoms with van der Waals surface area (Å²) in [7, 11) is 0. The van der Waals surface area contributed by atoms with Gasteiger partial charge in [-0.05, 0) is 34.7 Å². The maximum absolute atomic E-state index is 10.8. The van der Waals surface area contributed by atoms with E-state index in [1.807, 2.05) is 0 Å². The van der Waals surface area contributed by atoms with E-state index in [0.29, 0.717) is 16.0 Å². The predicted octanol–water partition coefficient (Wildman–Crippen LogP) is 2.86. The van der Waals surface area contributed by atoms with Crippen LogP contribution in [0.15, 0.2) is 16.6 Å². The maximum atomic E-state index is 10.8. The Morgan fingerprint density at radius 1 is 1.53 bits per heavy atom. The number of nitro benzene ring substituents is 1. The van der Waals surface area contributed by atoms with Gasteiger partial charge in [0.15, 0.2) is 0 Å². The number of nitro groups is 1. The van der Waals surface area contributed by atoms with E-state index < -0.39 is 4.92 Å². The van der Waals surface area contributed by atoms with E-state index in [4.69, 9.17) is 5.73 Å². The SMILES string of the molecule is N[C@H](c1cc([N+](=O)[O-])cc(Br)c1O)C1CCC1. The number of aromatic hydroxyl groups is 1. The third-order valence-electron chi connectivity index (χ3n) is 3.31. The molecule has 0 radical (unpaired) electrons. The maximum Gasteiger partial charge on any atom is 0.271 e. The van der Waals surface area contributed by atoms with Crippen LogP contribution in [-0.2, 0) is 0 Å². The van der Waals surface area contributed by atoms with Crippen molar-refractivity contribution in [3.63, 3.8) is 0 Å². The van der Waals surface area contributed by atoms with Gasteiger partial charge in [-0.1, -0.05) is 6.42 Å². The number of halogens is 1. The molecule has 1 aliphatic carbocycles. The van der Waals surface area contributed by atoms with E-state index in [-0.39, 0.29) is 17.5 Å². The van der Waals surface area contributed by atoms with Gasteiger partial charge >= 0.3 is 0 Å². The van der Waals surface area contributed by atoms with Gasteiger partial charge in [0.2, 0.25) is 0 Å². The molecule has 1 atom stereocenters. The zero-order chi connectivity index (χ0) is 12.6. The number of benzene rings is 1. The quantitative estimate of drug-likeness (QED) is 0.663. The summed E-state index contributed by atoms with van der Waals surface area (Å²) in [5.74, 6) is 0.324. The molecule has 1 saturated carbocycles. The fourth-order valence-corrected chi connectivity index (χ4v) is 2.48. The minimum Gasteiger partial charge on any atom is -0.506 e. The molecule has 6 heteroatoms. The summed E-state index contributed by atoms with van der Waals surface area (Å²) in [6.07, 6.45) is 3.16. The molecule has 17 heavy (non-hydrogen) atoms. The standard InChI is InChI=1S/C11H13BrN2O3/c12-9-5-7(14(16)17)4-8(11(9)15)10(13)6-2-1-3-6/h4-6,10,15H,1-3,13H2/t10-/m0/s1. The number of nitrogens with two attached hydrogens (primary N) is 1. The minimum atomic E-state index is -0.485. The van der Waals surface area contributed by atoms with Crippen molar-refractivity contribution in [2.24, 2.45) is 11.7 Å². The van der Waals surface area contributed by atoms with Crippen LogP contribution in [0.1, 0.15) is 30.9 Å². The molecule has 0 aliphatic heterocycles. The van der Waals surface area contributed by atoms with E-state index >= 15 is 0 Å². The van der Waals surface area contributed by atoms with Crippen molar-refractivity contribution in [3.05, 3.63) is 32.3 Å². The Morgan fingerprint density at radius 3 is 2.65 bits per heavy atom. The third kappa shape index (κ3) is 2.28. The summed E-state index contributed by atoms with van der Waals surface area (Å²) in [5, 5.41) is 20.6. The van der Waals surface area contributed by atoms with Crippen LogP contribution in [0.2, 0.25) is 0 Å². The Bertz CT molecular complexity index is 460. The van der Waals surface area contributed by atoms with E-state index in [2.05, 4.69) is 15.9 Å². The van der Waals surface area contributed by atoms with Gasteiger partial charge in [-0.2, -0.15) is 0 Å². The first kappa shape index (κ1) is 12.3. The molecule has 92 valence electrons. The monoisotopic (exact) mass is 300 g/mol. The smallest absolute Gasteiger partial charge is 0.271 e. The first-order valence-corrected chi connectivity index (χ1v) is 6.22. The largest absolute Gasteiger partial charge is 0.506 e. The first-order chi connectivity index (χ1) is 8.00. The Labute approximate surface area is 107 Å². The second-order valence-electron chi connectivity index (χ2n) is 4.34. The average molecular weight is 301 g/mol. The van der Waals surface area contributed by atoms with Gasteiger partial charge in [-0.25, -0.2) is 0 Å².